The maximum Gasteiger partial charge on any atom is 0.418 e. The number of halogens is 3. The summed E-state index contributed by atoms with van der Waals surface area (Å²) in [4.78, 5) is 12.3. The average Bonchev–Trinajstić information content (AvgIpc) is 2.58. The van der Waals surface area contributed by atoms with Gasteiger partial charge < -0.3 is 5.32 Å². The molecule has 0 unspecified atom stereocenters. The average molecular weight is 398 g/mol. The summed E-state index contributed by atoms with van der Waals surface area (Å²) in [6.07, 6.45) is -2.16. The fourth-order valence-corrected chi connectivity index (χ4v) is 3.24. The summed E-state index contributed by atoms with van der Waals surface area (Å²) in [6, 6.07) is 10.1. The Kier molecular flexibility index (Phi) is 5.94. The molecule has 0 saturated carbocycles. The van der Waals surface area contributed by atoms with E-state index in [1.165, 1.54) is 42.5 Å². The van der Waals surface area contributed by atoms with Crippen molar-refractivity contribution < 1.29 is 26.4 Å². The van der Waals surface area contributed by atoms with Gasteiger partial charge in [-0.1, -0.05) is 18.2 Å². The van der Waals surface area contributed by atoms with Gasteiger partial charge in [0, 0.05) is 5.56 Å². The monoisotopic (exact) mass is 398 g/mol. The second kappa shape index (κ2) is 7.83. The lowest BCUT2D eigenvalue weighted by Gasteiger charge is -2.20. The SMILES string of the molecule is C=CCN(c1ccc(C(=O)Nc2ccccc2C(F)(F)F)cc1)S(C)(=O)=O. The molecule has 0 radical (unpaired) electrons. The van der Waals surface area contributed by atoms with Crippen molar-refractivity contribution in [3.05, 3.63) is 72.3 Å². The van der Waals surface area contributed by atoms with E-state index in [4.69, 9.17) is 0 Å². The van der Waals surface area contributed by atoms with Crippen LogP contribution in [0.3, 0.4) is 0 Å². The van der Waals surface area contributed by atoms with Gasteiger partial charge in [-0.15, -0.1) is 6.58 Å². The Morgan fingerprint density at radius 2 is 1.74 bits per heavy atom. The number of carbonyl (C=O) groups excluding carboxylic acids is 1. The zero-order chi connectivity index (χ0) is 20.2. The molecular formula is C18H17F3N2O3S. The molecule has 0 aliphatic rings. The molecule has 1 N–H and O–H groups in total. The highest BCUT2D eigenvalue weighted by molar-refractivity contribution is 7.92. The molecule has 0 aliphatic heterocycles. The van der Waals surface area contributed by atoms with Gasteiger partial charge in [0.1, 0.15) is 0 Å². The number of para-hydroxylation sites is 1. The van der Waals surface area contributed by atoms with Crippen LogP contribution in [0.2, 0.25) is 0 Å². The molecule has 0 aliphatic carbocycles. The van der Waals surface area contributed by atoms with Crippen LogP contribution in [0.5, 0.6) is 0 Å². The van der Waals surface area contributed by atoms with E-state index >= 15 is 0 Å². The highest BCUT2D eigenvalue weighted by Gasteiger charge is 2.33. The van der Waals surface area contributed by atoms with Crippen molar-refractivity contribution in [3.63, 3.8) is 0 Å². The van der Waals surface area contributed by atoms with Gasteiger partial charge in [0.2, 0.25) is 10.0 Å². The molecule has 0 atom stereocenters. The first-order valence-corrected chi connectivity index (χ1v) is 9.55. The van der Waals surface area contributed by atoms with Gasteiger partial charge in [-0.3, -0.25) is 9.10 Å². The first kappa shape index (κ1) is 20.5. The number of alkyl halides is 3. The number of nitrogens with one attached hydrogen (secondary N) is 1. The lowest BCUT2D eigenvalue weighted by Crippen LogP contribution is -2.29. The van der Waals surface area contributed by atoms with E-state index in [1.807, 2.05) is 0 Å². The van der Waals surface area contributed by atoms with Crippen LogP contribution in [0.4, 0.5) is 24.5 Å². The standard InChI is InChI=1S/C18H17F3N2O3S/c1-3-12-23(27(2,25)26)14-10-8-13(9-11-14)17(24)22-16-7-5-4-6-15(16)18(19,20)21/h3-11H,1,12H2,2H3,(H,22,24). The number of rotatable bonds is 6. The van der Waals surface area contributed by atoms with Crippen LogP contribution in [0, 0.1) is 0 Å². The van der Waals surface area contributed by atoms with Crippen molar-refractivity contribution in [2.24, 2.45) is 0 Å². The lowest BCUT2D eigenvalue weighted by molar-refractivity contribution is -0.136. The van der Waals surface area contributed by atoms with Gasteiger partial charge in [-0.2, -0.15) is 13.2 Å². The summed E-state index contributed by atoms with van der Waals surface area (Å²) >= 11 is 0. The van der Waals surface area contributed by atoms with E-state index in [-0.39, 0.29) is 17.8 Å². The first-order chi connectivity index (χ1) is 12.5. The number of sulfonamides is 1. The van der Waals surface area contributed by atoms with Gasteiger partial charge in [0.25, 0.3) is 5.91 Å². The summed E-state index contributed by atoms with van der Waals surface area (Å²) in [5, 5.41) is 2.23. The zero-order valence-corrected chi connectivity index (χ0v) is 15.1. The molecule has 1 amide bonds. The van der Waals surface area contributed by atoms with Gasteiger partial charge in [-0.25, -0.2) is 8.42 Å². The quantitative estimate of drug-likeness (QED) is 0.751. The fraction of sp³-hybridized carbons (Fsp3) is 0.167. The molecule has 0 bridgehead atoms. The van der Waals surface area contributed by atoms with Crippen LogP contribution in [0.1, 0.15) is 15.9 Å². The zero-order valence-electron chi connectivity index (χ0n) is 14.3. The summed E-state index contributed by atoms with van der Waals surface area (Å²) in [6.45, 7) is 3.54. The van der Waals surface area contributed by atoms with Crippen LogP contribution in [0.25, 0.3) is 0 Å². The highest BCUT2D eigenvalue weighted by Crippen LogP contribution is 2.34. The molecule has 27 heavy (non-hydrogen) atoms. The number of amides is 1. The van der Waals surface area contributed by atoms with Crippen LogP contribution in [-0.2, 0) is 16.2 Å². The van der Waals surface area contributed by atoms with Gasteiger partial charge in [-0.05, 0) is 36.4 Å². The van der Waals surface area contributed by atoms with E-state index in [1.54, 1.807) is 0 Å². The Morgan fingerprint density at radius 3 is 2.26 bits per heavy atom. The third-order valence-corrected chi connectivity index (χ3v) is 4.75. The van der Waals surface area contributed by atoms with E-state index in [2.05, 4.69) is 11.9 Å². The van der Waals surface area contributed by atoms with E-state index in [0.29, 0.717) is 5.69 Å². The molecular weight excluding hydrogens is 381 g/mol. The molecule has 144 valence electrons. The van der Waals surface area contributed by atoms with Crippen molar-refractivity contribution >= 4 is 27.3 Å². The molecule has 2 aromatic carbocycles. The number of anilines is 2. The normalized spacial score (nSPS) is 11.7. The lowest BCUT2D eigenvalue weighted by atomic mass is 10.1. The van der Waals surface area contributed by atoms with Crippen molar-refractivity contribution in [2.45, 2.75) is 6.18 Å². The fourth-order valence-electron chi connectivity index (χ4n) is 2.36. The predicted octanol–water partition coefficient (Wildman–Crippen LogP) is 3.91. The van der Waals surface area contributed by atoms with Crippen molar-refractivity contribution in [1.82, 2.24) is 0 Å². The molecule has 9 heteroatoms. The number of benzene rings is 2. The number of hydrogen-bond acceptors (Lipinski definition) is 3. The van der Waals surface area contributed by atoms with Crippen LogP contribution < -0.4 is 9.62 Å². The minimum Gasteiger partial charge on any atom is -0.321 e. The summed E-state index contributed by atoms with van der Waals surface area (Å²) in [7, 11) is -3.55. The minimum absolute atomic E-state index is 0.0450. The summed E-state index contributed by atoms with van der Waals surface area (Å²) in [5.74, 6) is -0.743. The third kappa shape index (κ3) is 5.10. The second-order valence-electron chi connectivity index (χ2n) is 5.63. The Balaban J connectivity index is 2.26. The Bertz CT molecular complexity index is 939. The van der Waals surface area contributed by atoms with Gasteiger partial charge in [0.05, 0.1) is 29.7 Å². The molecule has 0 aromatic heterocycles. The maximum absolute atomic E-state index is 13.0. The number of carbonyl (C=O) groups is 1. The first-order valence-electron chi connectivity index (χ1n) is 7.70. The molecule has 5 nitrogen and oxygen atoms in total. The molecule has 0 spiro atoms. The van der Waals surface area contributed by atoms with E-state index < -0.39 is 27.7 Å². The Labute approximate surface area is 155 Å². The maximum atomic E-state index is 13.0. The van der Waals surface area contributed by atoms with Crippen LogP contribution in [0.15, 0.2) is 61.2 Å². The minimum atomic E-state index is -4.60. The summed E-state index contributed by atoms with van der Waals surface area (Å²) < 4.78 is 63.7. The Hall–Kier alpha value is -2.81. The van der Waals surface area contributed by atoms with Crippen LogP contribution >= 0.6 is 0 Å². The highest BCUT2D eigenvalue weighted by atomic mass is 32.2. The Morgan fingerprint density at radius 1 is 1.15 bits per heavy atom. The largest absolute Gasteiger partial charge is 0.418 e. The van der Waals surface area contributed by atoms with E-state index in [9.17, 15) is 26.4 Å². The third-order valence-electron chi connectivity index (χ3n) is 3.59. The van der Waals surface area contributed by atoms with Crippen molar-refractivity contribution in [2.75, 3.05) is 22.4 Å². The van der Waals surface area contributed by atoms with Crippen LogP contribution in [-0.4, -0.2) is 27.1 Å². The molecule has 0 saturated heterocycles. The second-order valence-corrected chi connectivity index (χ2v) is 7.53. The molecule has 2 rings (SSSR count). The number of hydrogen-bond donors (Lipinski definition) is 1. The molecule has 0 fully saturated rings. The van der Waals surface area contributed by atoms with Gasteiger partial charge >= 0.3 is 6.18 Å². The van der Waals surface area contributed by atoms with Crippen molar-refractivity contribution in [3.8, 4) is 0 Å². The predicted molar refractivity (Wildman–Crippen MR) is 98.2 cm³/mol. The van der Waals surface area contributed by atoms with Crippen molar-refractivity contribution in [1.29, 1.82) is 0 Å². The molecule has 2 aromatic rings. The topological polar surface area (TPSA) is 66.5 Å². The number of nitrogens with zero attached hydrogens (tertiary/aromatic N) is 1. The molecule has 0 heterocycles. The smallest absolute Gasteiger partial charge is 0.321 e. The summed E-state index contributed by atoms with van der Waals surface area (Å²) in [5.41, 5.74) is -0.917. The van der Waals surface area contributed by atoms with Gasteiger partial charge in [0.15, 0.2) is 0 Å². The van der Waals surface area contributed by atoms with E-state index in [0.717, 1.165) is 22.7 Å².